The molecule has 2 nitrogen and oxygen atoms in total. The van der Waals surface area contributed by atoms with E-state index < -0.39 is 0 Å². The molecule has 2 rings (SSSR count). The molecule has 0 bridgehead atoms. The fourth-order valence-corrected chi connectivity index (χ4v) is 2.57. The van der Waals surface area contributed by atoms with Crippen molar-refractivity contribution in [1.29, 1.82) is 0 Å². The second-order valence-corrected chi connectivity index (χ2v) is 5.15. The Morgan fingerprint density at radius 2 is 1.94 bits per heavy atom. The summed E-state index contributed by atoms with van der Waals surface area (Å²) in [6.45, 7) is 1.93. The molecule has 0 saturated carbocycles. The van der Waals surface area contributed by atoms with Crippen LogP contribution in [0.1, 0.15) is 5.76 Å². The van der Waals surface area contributed by atoms with E-state index in [1.54, 1.807) is 6.26 Å². The lowest BCUT2D eigenvalue weighted by Crippen LogP contribution is -2.20. The molecule has 0 aliphatic heterocycles. The van der Waals surface area contributed by atoms with E-state index in [1.807, 2.05) is 30.0 Å². The summed E-state index contributed by atoms with van der Waals surface area (Å²) < 4.78 is 5.32. The first kappa shape index (κ1) is 12.3. The van der Waals surface area contributed by atoms with Crippen molar-refractivity contribution in [1.82, 2.24) is 4.90 Å². The van der Waals surface area contributed by atoms with E-state index in [1.165, 1.54) is 4.90 Å². The van der Waals surface area contributed by atoms with Gasteiger partial charge in [-0.2, -0.15) is 0 Å². The van der Waals surface area contributed by atoms with E-state index in [0.717, 1.165) is 24.6 Å². The van der Waals surface area contributed by atoms with Crippen LogP contribution in [0.4, 0.5) is 0 Å². The molecule has 3 heteroatoms. The third kappa shape index (κ3) is 4.29. The monoisotopic (exact) mass is 247 g/mol. The topological polar surface area (TPSA) is 16.4 Å². The molecule has 0 aliphatic rings. The average molecular weight is 247 g/mol. The van der Waals surface area contributed by atoms with Gasteiger partial charge in [0.05, 0.1) is 12.8 Å². The molecule has 0 unspecified atom stereocenters. The van der Waals surface area contributed by atoms with Gasteiger partial charge in [-0.1, -0.05) is 18.2 Å². The van der Waals surface area contributed by atoms with Gasteiger partial charge in [-0.05, 0) is 31.3 Å². The zero-order chi connectivity index (χ0) is 11.9. The van der Waals surface area contributed by atoms with Gasteiger partial charge in [-0.3, -0.25) is 4.90 Å². The number of hydrogen-bond donors (Lipinski definition) is 0. The van der Waals surface area contributed by atoms with Crippen LogP contribution in [0.3, 0.4) is 0 Å². The second-order valence-electron chi connectivity index (χ2n) is 3.98. The molecular weight excluding hydrogens is 230 g/mol. The number of benzene rings is 1. The Morgan fingerprint density at radius 3 is 2.65 bits per heavy atom. The first-order valence-corrected chi connectivity index (χ1v) is 6.72. The van der Waals surface area contributed by atoms with Gasteiger partial charge in [0, 0.05) is 17.2 Å². The van der Waals surface area contributed by atoms with Crippen LogP contribution in [0.15, 0.2) is 58.0 Å². The summed E-state index contributed by atoms with van der Waals surface area (Å²) in [6.07, 6.45) is 1.72. The fourth-order valence-electron chi connectivity index (χ4n) is 1.58. The zero-order valence-electron chi connectivity index (χ0n) is 10.0. The van der Waals surface area contributed by atoms with Gasteiger partial charge in [0.25, 0.3) is 0 Å². The number of nitrogens with zero attached hydrogens (tertiary/aromatic N) is 1. The molecule has 90 valence electrons. The molecule has 0 N–H and O–H groups in total. The van der Waals surface area contributed by atoms with Crippen molar-refractivity contribution in [2.45, 2.75) is 11.4 Å². The van der Waals surface area contributed by atoms with Crippen LogP contribution in [0.5, 0.6) is 0 Å². The standard InChI is InChI=1S/C14H17NOS/c1-15(12-13-6-5-10-16-13)9-11-17-14-7-3-2-4-8-14/h2-8,10H,9,11-12H2,1H3. The van der Waals surface area contributed by atoms with Crippen LogP contribution < -0.4 is 0 Å². The summed E-state index contributed by atoms with van der Waals surface area (Å²) in [4.78, 5) is 3.60. The quantitative estimate of drug-likeness (QED) is 0.727. The first-order chi connectivity index (χ1) is 8.34. The number of hydrogen-bond acceptors (Lipinski definition) is 3. The smallest absolute Gasteiger partial charge is 0.117 e. The summed E-state index contributed by atoms with van der Waals surface area (Å²) in [5, 5.41) is 0. The molecule has 1 aromatic heterocycles. The van der Waals surface area contributed by atoms with Crippen LogP contribution in [0, 0.1) is 0 Å². The third-order valence-electron chi connectivity index (χ3n) is 2.49. The van der Waals surface area contributed by atoms with E-state index in [9.17, 15) is 0 Å². The largest absolute Gasteiger partial charge is 0.468 e. The van der Waals surface area contributed by atoms with Crippen LogP contribution in [-0.4, -0.2) is 24.2 Å². The molecule has 0 radical (unpaired) electrons. The predicted molar refractivity (Wildman–Crippen MR) is 72.2 cm³/mol. The SMILES string of the molecule is CN(CCSc1ccccc1)Cc1ccco1. The highest BCUT2D eigenvalue weighted by molar-refractivity contribution is 7.99. The van der Waals surface area contributed by atoms with Gasteiger partial charge >= 0.3 is 0 Å². The summed E-state index contributed by atoms with van der Waals surface area (Å²) in [5.41, 5.74) is 0. The normalized spacial score (nSPS) is 10.9. The molecule has 0 aliphatic carbocycles. The van der Waals surface area contributed by atoms with Gasteiger partial charge in [-0.15, -0.1) is 11.8 Å². The van der Waals surface area contributed by atoms with Crippen molar-refractivity contribution in [3.8, 4) is 0 Å². The van der Waals surface area contributed by atoms with Crippen LogP contribution in [-0.2, 0) is 6.54 Å². The lowest BCUT2D eigenvalue weighted by atomic mass is 10.4. The lowest BCUT2D eigenvalue weighted by Gasteiger charge is -2.14. The third-order valence-corrected chi connectivity index (χ3v) is 3.48. The van der Waals surface area contributed by atoms with Crippen LogP contribution in [0.2, 0.25) is 0 Å². The van der Waals surface area contributed by atoms with Crippen LogP contribution >= 0.6 is 11.8 Å². The average Bonchev–Trinajstić information content (AvgIpc) is 2.83. The van der Waals surface area contributed by atoms with E-state index in [4.69, 9.17) is 4.42 Å². The van der Waals surface area contributed by atoms with Gasteiger partial charge in [0.2, 0.25) is 0 Å². The predicted octanol–water partition coefficient (Wildman–Crippen LogP) is 3.50. The maximum Gasteiger partial charge on any atom is 0.117 e. The van der Waals surface area contributed by atoms with Crippen molar-refractivity contribution in [2.75, 3.05) is 19.3 Å². The Balaban J connectivity index is 1.68. The van der Waals surface area contributed by atoms with E-state index in [2.05, 4.69) is 36.2 Å². The van der Waals surface area contributed by atoms with Crippen LogP contribution in [0.25, 0.3) is 0 Å². The number of thioether (sulfide) groups is 1. The van der Waals surface area contributed by atoms with Crippen molar-refractivity contribution >= 4 is 11.8 Å². The first-order valence-electron chi connectivity index (χ1n) is 5.73. The van der Waals surface area contributed by atoms with E-state index >= 15 is 0 Å². The van der Waals surface area contributed by atoms with E-state index in [-0.39, 0.29) is 0 Å². The van der Waals surface area contributed by atoms with Gasteiger partial charge < -0.3 is 4.42 Å². The highest BCUT2D eigenvalue weighted by Crippen LogP contribution is 2.16. The molecular formula is C14H17NOS. The Bertz CT molecular complexity index is 413. The maximum atomic E-state index is 5.32. The molecule has 17 heavy (non-hydrogen) atoms. The minimum absolute atomic E-state index is 0.877. The number of furan rings is 1. The molecule has 0 amide bonds. The van der Waals surface area contributed by atoms with Gasteiger partial charge in [0.1, 0.15) is 5.76 Å². The lowest BCUT2D eigenvalue weighted by molar-refractivity contribution is 0.311. The van der Waals surface area contributed by atoms with Gasteiger partial charge in [-0.25, -0.2) is 0 Å². The van der Waals surface area contributed by atoms with Crippen molar-refractivity contribution in [3.05, 3.63) is 54.5 Å². The number of rotatable bonds is 6. The Labute approximate surface area is 107 Å². The highest BCUT2D eigenvalue weighted by Gasteiger charge is 2.02. The molecule has 0 spiro atoms. The van der Waals surface area contributed by atoms with Crippen molar-refractivity contribution < 1.29 is 4.42 Å². The summed E-state index contributed by atoms with van der Waals surface area (Å²) in [5.74, 6) is 2.12. The Kier molecular flexibility index (Phi) is 4.71. The fraction of sp³-hybridized carbons (Fsp3) is 0.286. The highest BCUT2D eigenvalue weighted by atomic mass is 32.2. The van der Waals surface area contributed by atoms with Gasteiger partial charge in [0.15, 0.2) is 0 Å². The Morgan fingerprint density at radius 1 is 1.12 bits per heavy atom. The maximum absolute atomic E-state index is 5.32. The van der Waals surface area contributed by atoms with E-state index in [0.29, 0.717) is 0 Å². The molecule has 0 fully saturated rings. The zero-order valence-corrected chi connectivity index (χ0v) is 10.8. The molecule has 0 atom stereocenters. The molecule has 1 aromatic carbocycles. The minimum Gasteiger partial charge on any atom is -0.468 e. The summed E-state index contributed by atoms with van der Waals surface area (Å²) in [6, 6.07) is 14.5. The molecule has 2 aromatic rings. The molecule has 0 saturated heterocycles. The summed E-state index contributed by atoms with van der Waals surface area (Å²) >= 11 is 1.89. The molecule has 1 heterocycles. The Hall–Kier alpha value is -1.19. The summed E-state index contributed by atoms with van der Waals surface area (Å²) in [7, 11) is 2.12. The second kappa shape index (κ2) is 6.52. The van der Waals surface area contributed by atoms with Crippen molar-refractivity contribution in [2.24, 2.45) is 0 Å². The van der Waals surface area contributed by atoms with Crippen molar-refractivity contribution in [3.63, 3.8) is 0 Å². The minimum atomic E-state index is 0.877.